The molecule has 1 aliphatic heterocycles. The summed E-state index contributed by atoms with van der Waals surface area (Å²) in [4.78, 5) is 27.2. The number of nitrogens with zero attached hydrogens (tertiary/aromatic N) is 3. The number of rotatable bonds is 8. The van der Waals surface area contributed by atoms with Crippen LogP contribution in [-0.4, -0.2) is 47.1 Å². The van der Waals surface area contributed by atoms with Crippen molar-refractivity contribution >= 4 is 46.3 Å². The number of phenols is 1. The van der Waals surface area contributed by atoms with Gasteiger partial charge in [-0.15, -0.1) is 0 Å². The van der Waals surface area contributed by atoms with Gasteiger partial charge in [-0.1, -0.05) is 72.5 Å². The van der Waals surface area contributed by atoms with Gasteiger partial charge in [0, 0.05) is 6.42 Å². The SMILES string of the molecule is Cc1nn(-c2ccccc2)c(Oc2ccccc2)c1/C=C1\SC(=S)N([C@@H](Cc2ccc(O)cc2)C(=O)O)C1=O. The van der Waals surface area contributed by atoms with Crippen LogP contribution in [0.3, 0.4) is 0 Å². The lowest BCUT2D eigenvalue weighted by molar-refractivity contribution is -0.145. The number of carbonyl (C=O) groups excluding carboxylic acids is 1. The van der Waals surface area contributed by atoms with E-state index < -0.39 is 17.9 Å². The van der Waals surface area contributed by atoms with Crippen molar-refractivity contribution in [3.63, 3.8) is 0 Å². The van der Waals surface area contributed by atoms with Crippen LogP contribution in [0.5, 0.6) is 17.4 Å². The van der Waals surface area contributed by atoms with Crippen molar-refractivity contribution in [3.8, 4) is 23.1 Å². The molecule has 0 aliphatic carbocycles. The Morgan fingerprint density at radius 1 is 1.05 bits per heavy atom. The first-order chi connectivity index (χ1) is 18.8. The molecule has 0 radical (unpaired) electrons. The highest BCUT2D eigenvalue weighted by atomic mass is 32.2. The van der Waals surface area contributed by atoms with Crippen molar-refractivity contribution in [2.24, 2.45) is 0 Å². The number of benzene rings is 3. The number of thiocarbonyl (C=S) groups is 1. The first-order valence-electron chi connectivity index (χ1n) is 12.0. The lowest BCUT2D eigenvalue weighted by Crippen LogP contribution is -2.45. The minimum Gasteiger partial charge on any atom is -0.508 e. The van der Waals surface area contributed by atoms with E-state index in [9.17, 15) is 19.8 Å². The van der Waals surface area contributed by atoms with Gasteiger partial charge in [0.05, 0.1) is 21.8 Å². The van der Waals surface area contributed by atoms with E-state index in [-0.39, 0.29) is 21.4 Å². The number of carboxylic acid groups (broad SMARTS) is 1. The van der Waals surface area contributed by atoms with E-state index >= 15 is 0 Å². The molecule has 1 aliphatic rings. The maximum atomic E-state index is 13.5. The molecule has 1 atom stereocenters. The number of para-hydroxylation sites is 2. The van der Waals surface area contributed by atoms with E-state index in [1.54, 1.807) is 22.9 Å². The summed E-state index contributed by atoms with van der Waals surface area (Å²) >= 11 is 6.50. The highest BCUT2D eigenvalue weighted by Crippen LogP contribution is 2.38. The van der Waals surface area contributed by atoms with E-state index in [0.717, 1.165) is 22.3 Å². The Labute approximate surface area is 234 Å². The molecule has 10 heteroatoms. The predicted octanol–water partition coefficient (Wildman–Crippen LogP) is 5.58. The second kappa shape index (κ2) is 11.1. The van der Waals surface area contributed by atoms with Crippen molar-refractivity contribution in [1.29, 1.82) is 0 Å². The second-order valence-corrected chi connectivity index (χ2v) is 10.4. The zero-order valence-corrected chi connectivity index (χ0v) is 22.4. The van der Waals surface area contributed by atoms with Gasteiger partial charge in [-0.25, -0.2) is 4.79 Å². The number of aliphatic carboxylic acids is 1. The van der Waals surface area contributed by atoms with Gasteiger partial charge in [-0.05, 0) is 55.0 Å². The second-order valence-electron chi connectivity index (χ2n) is 8.74. The van der Waals surface area contributed by atoms with E-state index in [0.29, 0.717) is 28.5 Å². The number of carbonyl (C=O) groups is 2. The van der Waals surface area contributed by atoms with Crippen LogP contribution < -0.4 is 4.74 Å². The van der Waals surface area contributed by atoms with E-state index in [4.69, 9.17) is 17.0 Å². The summed E-state index contributed by atoms with van der Waals surface area (Å²) in [5.74, 6) is -0.611. The number of ether oxygens (including phenoxy) is 1. The number of phenolic OH excluding ortho intramolecular Hbond substituents is 1. The summed E-state index contributed by atoms with van der Waals surface area (Å²) in [5, 5.41) is 24.2. The third-order valence-corrected chi connectivity index (χ3v) is 7.41. The van der Waals surface area contributed by atoms with Crippen molar-refractivity contribution < 1.29 is 24.5 Å². The van der Waals surface area contributed by atoms with Gasteiger partial charge >= 0.3 is 5.97 Å². The Bertz CT molecular complexity index is 1570. The minimum absolute atomic E-state index is 0.0304. The molecular formula is C29H23N3O5S2. The Morgan fingerprint density at radius 2 is 1.69 bits per heavy atom. The maximum Gasteiger partial charge on any atom is 0.327 e. The predicted molar refractivity (Wildman–Crippen MR) is 153 cm³/mol. The van der Waals surface area contributed by atoms with Gasteiger partial charge in [-0.3, -0.25) is 9.69 Å². The molecule has 3 aromatic carbocycles. The number of aromatic hydroxyl groups is 1. The fourth-order valence-corrected chi connectivity index (χ4v) is 5.49. The molecule has 0 saturated carbocycles. The molecule has 5 rings (SSSR count). The molecular weight excluding hydrogens is 534 g/mol. The first kappa shape index (κ1) is 26.2. The van der Waals surface area contributed by atoms with E-state index in [1.165, 1.54) is 12.1 Å². The number of thioether (sulfide) groups is 1. The molecule has 0 bridgehead atoms. The van der Waals surface area contributed by atoms with Crippen molar-refractivity contribution in [1.82, 2.24) is 14.7 Å². The zero-order chi connectivity index (χ0) is 27.5. The number of hydrogen-bond acceptors (Lipinski definition) is 7. The smallest absolute Gasteiger partial charge is 0.327 e. The third kappa shape index (κ3) is 5.57. The van der Waals surface area contributed by atoms with Gasteiger partial charge in [0.15, 0.2) is 0 Å². The van der Waals surface area contributed by atoms with Gasteiger partial charge in [-0.2, -0.15) is 9.78 Å². The molecule has 4 aromatic rings. The largest absolute Gasteiger partial charge is 0.508 e. The standard InChI is InChI=1S/C29H23N3O5S2/c1-18-23(27(37-22-10-6-3-7-11-22)32(30-18)20-8-4-2-5-9-20)17-25-26(34)31(29(38)39-25)24(28(35)36)16-19-12-14-21(33)15-13-19/h2-15,17,24,33H,16H2,1H3,(H,35,36)/b25-17-/t24-/m0/s1. The molecule has 1 fully saturated rings. The quantitative estimate of drug-likeness (QED) is 0.214. The van der Waals surface area contributed by atoms with Crippen LogP contribution in [0.15, 0.2) is 89.8 Å². The Balaban J connectivity index is 1.52. The molecule has 1 aromatic heterocycles. The number of hydrogen-bond donors (Lipinski definition) is 2. The molecule has 0 unspecified atom stereocenters. The molecule has 2 heterocycles. The maximum absolute atomic E-state index is 13.5. The molecule has 1 amide bonds. The lowest BCUT2D eigenvalue weighted by atomic mass is 10.0. The van der Waals surface area contributed by atoms with Crippen LogP contribution in [0.2, 0.25) is 0 Å². The Morgan fingerprint density at radius 3 is 2.33 bits per heavy atom. The van der Waals surface area contributed by atoms with Crippen molar-refractivity contribution in [2.75, 3.05) is 0 Å². The lowest BCUT2D eigenvalue weighted by Gasteiger charge is -2.23. The average molecular weight is 558 g/mol. The fourth-order valence-electron chi connectivity index (χ4n) is 4.15. The normalized spacial score (nSPS) is 15.1. The van der Waals surface area contributed by atoms with Gasteiger partial charge in [0.2, 0.25) is 5.88 Å². The van der Waals surface area contributed by atoms with Crippen molar-refractivity contribution in [3.05, 3.63) is 107 Å². The van der Waals surface area contributed by atoms with Crippen molar-refractivity contribution in [2.45, 2.75) is 19.4 Å². The highest BCUT2D eigenvalue weighted by molar-refractivity contribution is 8.26. The summed E-state index contributed by atoms with van der Waals surface area (Å²) in [7, 11) is 0. The van der Waals surface area contributed by atoms with Crippen LogP contribution in [0.25, 0.3) is 11.8 Å². The van der Waals surface area contributed by atoms with Crippen LogP contribution >= 0.6 is 24.0 Å². The van der Waals surface area contributed by atoms with Crippen LogP contribution in [0.1, 0.15) is 16.8 Å². The zero-order valence-electron chi connectivity index (χ0n) is 20.7. The minimum atomic E-state index is -1.21. The number of amides is 1. The van der Waals surface area contributed by atoms with E-state index in [1.807, 2.05) is 67.6 Å². The van der Waals surface area contributed by atoms with Crippen LogP contribution in [0, 0.1) is 6.92 Å². The monoisotopic (exact) mass is 557 g/mol. The van der Waals surface area contributed by atoms with Gasteiger partial charge < -0.3 is 14.9 Å². The molecule has 1 saturated heterocycles. The highest BCUT2D eigenvalue weighted by Gasteiger charge is 2.41. The molecule has 2 N–H and O–H groups in total. The molecule has 8 nitrogen and oxygen atoms in total. The number of carboxylic acids is 1. The summed E-state index contributed by atoms with van der Waals surface area (Å²) in [6, 6.07) is 23.7. The number of aromatic nitrogens is 2. The third-order valence-electron chi connectivity index (χ3n) is 6.08. The van der Waals surface area contributed by atoms with Crippen LogP contribution in [0.4, 0.5) is 0 Å². The summed E-state index contributed by atoms with van der Waals surface area (Å²) in [6.45, 7) is 1.81. The summed E-state index contributed by atoms with van der Waals surface area (Å²) < 4.78 is 8.08. The average Bonchev–Trinajstić information content (AvgIpc) is 3.39. The summed E-state index contributed by atoms with van der Waals surface area (Å²) in [6.07, 6.45) is 1.68. The topological polar surface area (TPSA) is 105 Å². The molecule has 196 valence electrons. The first-order valence-corrected chi connectivity index (χ1v) is 13.2. The van der Waals surface area contributed by atoms with Gasteiger partial charge in [0.1, 0.15) is 21.9 Å². The van der Waals surface area contributed by atoms with E-state index in [2.05, 4.69) is 5.10 Å². The Hall–Kier alpha value is -4.41. The fraction of sp³-hybridized carbons (Fsp3) is 0.103. The molecule has 0 spiro atoms. The van der Waals surface area contributed by atoms with Crippen LogP contribution in [-0.2, 0) is 16.0 Å². The van der Waals surface area contributed by atoms with Gasteiger partial charge in [0.25, 0.3) is 5.91 Å². The summed E-state index contributed by atoms with van der Waals surface area (Å²) in [5.41, 5.74) is 2.62. The molecule has 39 heavy (non-hydrogen) atoms. The Kier molecular flexibility index (Phi) is 7.49. The number of aryl methyl sites for hydroxylation is 1.